The SMILES string of the molecule is C[C@@H]1C[C@](Cc2nc(Br)cc(C(C)(C)F)c2F)(C(=O)OC(C)(C)C)CCN1C(=O)OC(C)(C)C. The van der Waals surface area contributed by atoms with Crippen LogP contribution in [0.5, 0.6) is 0 Å². The molecule has 9 heteroatoms. The van der Waals surface area contributed by atoms with Gasteiger partial charge < -0.3 is 14.4 Å². The summed E-state index contributed by atoms with van der Waals surface area (Å²) in [5.41, 5.74) is -4.64. The van der Waals surface area contributed by atoms with Crippen LogP contribution < -0.4 is 0 Å². The summed E-state index contributed by atoms with van der Waals surface area (Å²) >= 11 is 3.25. The van der Waals surface area contributed by atoms with Crippen molar-refractivity contribution in [2.75, 3.05) is 6.54 Å². The number of ether oxygens (including phenoxy) is 2. The Morgan fingerprint density at radius 3 is 2.18 bits per heavy atom. The summed E-state index contributed by atoms with van der Waals surface area (Å²) < 4.78 is 41.6. The molecule has 2 rings (SSSR count). The molecular formula is C25H37BrF2N2O4. The highest BCUT2D eigenvalue weighted by atomic mass is 79.9. The van der Waals surface area contributed by atoms with Crippen molar-refractivity contribution in [3.63, 3.8) is 0 Å². The zero-order valence-corrected chi connectivity index (χ0v) is 23.2. The molecule has 1 amide bonds. The molecule has 0 bridgehead atoms. The summed E-state index contributed by atoms with van der Waals surface area (Å²) in [6, 6.07) is 0.940. The van der Waals surface area contributed by atoms with Gasteiger partial charge in [0.05, 0.1) is 11.1 Å². The van der Waals surface area contributed by atoms with Crippen molar-refractivity contribution in [1.29, 1.82) is 0 Å². The van der Waals surface area contributed by atoms with Gasteiger partial charge in [0, 0.05) is 24.6 Å². The van der Waals surface area contributed by atoms with Gasteiger partial charge in [0.2, 0.25) is 0 Å². The number of likely N-dealkylation sites (tertiary alicyclic amines) is 1. The number of nitrogens with zero attached hydrogens (tertiary/aromatic N) is 2. The Morgan fingerprint density at radius 2 is 1.71 bits per heavy atom. The Labute approximate surface area is 209 Å². The van der Waals surface area contributed by atoms with Gasteiger partial charge in [0.25, 0.3) is 0 Å². The van der Waals surface area contributed by atoms with Gasteiger partial charge in [-0.05, 0) is 97.2 Å². The van der Waals surface area contributed by atoms with Gasteiger partial charge in [-0.3, -0.25) is 4.79 Å². The van der Waals surface area contributed by atoms with E-state index >= 15 is 4.39 Å². The molecule has 1 aliphatic heterocycles. The molecule has 0 unspecified atom stereocenters. The molecule has 6 nitrogen and oxygen atoms in total. The molecule has 1 aromatic heterocycles. The number of amides is 1. The van der Waals surface area contributed by atoms with Crippen LogP contribution in [0.2, 0.25) is 0 Å². The third-order valence-corrected chi connectivity index (χ3v) is 6.06. The van der Waals surface area contributed by atoms with Crippen molar-refractivity contribution in [3.8, 4) is 0 Å². The van der Waals surface area contributed by atoms with Crippen molar-refractivity contribution in [1.82, 2.24) is 9.88 Å². The van der Waals surface area contributed by atoms with Gasteiger partial charge in [-0.25, -0.2) is 18.6 Å². The summed E-state index contributed by atoms with van der Waals surface area (Å²) in [5, 5.41) is 0. The van der Waals surface area contributed by atoms with E-state index in [1.165, 1.54) is 19.9 Å². The van der Waals surface area contributed by atoms with E-state index in [1.807, 2.05) is 6.92 Å². The Bertz CT molecular complexity index is 935. The van der Waals surface area contributed by atoms with Crippen molar-refractivity contribution in [2.24, 2.45) is 5.41 Å². The van der Waals surface area contributed by atoms with E-state index in [0.717, 1.165) is 0 Å². The van der Waals surface area contributed by atoms with Crippen LogP contribution in [-0.4, -0.2) is 45.7 Å². The van der Waals surface area contributed by atoms with Crippen LogP contribution >= 0.6 is 15.9 Å². The molecule has 0 aliphatic carbocycles. The van der Waals surface area contributed by atoms with Crippen molar-refractivity contribution < 1.29 is 27.8 Å². The molecule has 192 valence electrons. The largest absolute Gasteiger partial charge is 0.460 e. The third-order valence-electron chi connectivity index (χ3n) is 5.65. The van der Waals surface area contributed by atoms with Crippen LogP contribution in [0, 0.1) is 11.2 Å². The van der Waals surface area contributed by atoms with Crippen molar-refractivity contribution in [3.05, 3.63) is 27.7 Å². The molecule has 0 radical (unpaired) electrons. The number of esters is 1. The first kappa shape index (κ1) is 28.5. The number of pyridine rings is 1. The Morgan fingerprint density at radius 1 is 1.15 bits per heavy atom. The lowest BCUT2D eigenvalue weighted by atomic mass is 9.72. The lowest BCUT2D eigenvalue weighted by molar-refractivity contribution is -0.172. The lowest BCUT2D eigenvalue weighted by Crippen LogP contribution is -2.54. The minimum absolute atomic E-state index is 0.0149. The number of hydrogen-bond acceptors (Lipinski definition) is 5. The minimum atomic E-state index is -1.93. The van der Waals surface area contributed by atoms with Crippen LogP contribution in [-0.2, 0) is 26.4 Å². The van der Waals surface area contributed by atoms with Crippen LogP contribution in [0.1, 0.15) is 86.4 Å². The predicted molar refractivity (Wildman–Crippen MR) is 130 cm³/mol. The Hall–Kier alpha value is -1.77. The highest BCUT2D eigenvalue weighted by Gasteiger charge is 2.49. The van der Waals surface area contributed by atoms with E-state index in [0.29, 0.717) is 0 Å². The number of alkyl halides is 1. The van der Waals surface area contributed by atoms with Gasteiger partial charge in [-0.15, -0.1) is 0 Å². The smallest absolute Gasteiger partial charge is 0.410 e. The molecule has 2 heterocycles. The van der Waals surface area contributed by atoms with Gasteiger partial charge >= 0.3 is 12.1 Å². The van der Waals surface area contributed by atoms with E-state index in [1.54, 1.807) is 46.4 Å². The number of carbonyl (C=O) groups excluding carboxylic acids is 2. The summed E-state index contributed by atoms with van der Waals surface area (Å²) in [6.07, 6.45) is -0.0923. The van der Waals surface area contributed by atoms with Crippen molar-refractivity contribution >= 4 is 28.0 Å². The molecule has 1 aromatic rings. The maximum Gasteiger partial charge on any atom is 0.410 e. The summed E-state index contributed by atoms with van der Waals surface area (Å²) in [6.45, 7) is 15.2. The molecule has 1 saturated heterocycles. The Balaban J connectivity index is 2.46. The number of hydrogen-bond donors (Lipinski definition) is 0. The molecule has 2 atom stereocenters. The average Bonchev–Trinajstić information content (AvgIpc) is 2.60. The van der Waals surface area contributed by atoms with Gasteiger partial charge in [0.1, 0.15) is 21.5 Å². The highest BCUT2D eigenvalue weighted by Crippen LogP contribution is 2.42. The molecule has 0 aromatic carbocycles. The second kappa shape index (κ2) is 9.70. The van der Waals surface area contributed by atoms with Gasteiger partial charge in [-0.2, -0.15) is 0 Å². The van der Waals surface area contributed by atoms with Gasteiger partial charge in [0.15, 0.2) is 5.82 Å². The van der Waals surface area contributed by atoms with E-state index in [-0.39, 0.29) is 47.7 Å². The fourth-order valence-corrected chi connectivity index (χ4v) is 4.59. The monoisotopic (exact) mass is 546 g/mol. The maximum atomic E-state index is 15.4. The fraction of sp³-hybridized carbons (Fsp3) is 0.720. The molecule has 34 heavy (non-hydrogen) atoms. The van der Waals surface area contributed by atoms with Crippen LogP contribution in [0.15, 0.2) is 10.7 Å². The number of aromatic nitrogens is 1. The first-order valence-corrected chi connectivity index (χ1v) is 12.3. The third kappa shape index (κ3) is 7.12. The van der Waals surface area contributed by atoms with E-state index in [4.69, 9.17) is 9.47 Å². The highest BCUT2D eigenvalue weighted by molar-refractivity contribution is 9.10. The predicted octanol–water partition coefficient (Wildman–Crippen LogP) is 6.48. The van der Waals surface area contributed by atoms with Crippen LogP contribution in [0.25, 0.3) is 0 Å². The second-order valence-electron chi connectivity index (χ2n) is 11.7. The Kier molecular flexibility index (Phi) is 8.13. The van der Waals surface area contributed by atoms with Crippen LogP contribution in [0.4, 0.5) is 13.6 Å². The standard InChI is InChI=1S/C25H37BrF2N2O4/c1-15-13-25(20(31)33-22(2,3)4,10-11-30(15)21(32)34-23(5,6)7)14-17-19(27)16(24(8,9)28)12-18(26)29-17/h12,15H,10-11,13-14H2,1-9H3/t15-,25-/m1/s1. The molecule has 0 saturated carbocycles. The fourth-order valence-electron chi connectivity index (χ4n) is 4.15. The lowest BCUT2D eigenvalue weighted by Gasteiger charge is -2.45. The number of rotatable bonds is 4. The minimum Gasteiger partial charge on any atom is -0.460 e. The summed E-state index contributed by atoms with van der Waals surface area (Å²) in [5.74, 6) is -1.27. The van der Waals surface area contributed by atoms with E-state index in [9.17, 15) is 14.0 Å². The molecular weight excluding hydrogens is 510 g/mol. The topological polar surface area (TPSA) is 68.7 Å². The molecule has 1 fully saturated rings. The number of piperidine rings is 1. The maximum absolute atomic E-state index is 15.4. The normalized spacial score (nSPS) is 21.9. The quantitative estimate of drug-likeness (QED) is 0.319. The zero-order chi connectivity index (χ0) is 26.3. The van der Waals surface area contributed by atoms with Crippen molar-refractivity contribution in [2.45, 2.75) is 104 Å². The zero-order valence-electron chi connectivity index (χ0n) is 21.6. The van der Waals surface area contributed by atoms with E-state index < -0.39 is 40.2 Å². The summed E-state index contributed by atoms with van der Waals surface area (Å²) in [4.78, 5) is 32.0. The first-order chi connectivity index (χ1) is 15.2. The van der Waals surface area contributed by atoms with Gasteiger partial charge in [-0.1, -0.05) is 0 Å². The molecule has 0 spiro atoms. The second-order valence-corrected chi connectivity index (χ2v) is 12.5. The number of halogens is 3. The van der Waals surface area contributed by atoms with Crippen LogP contribution in [0.3, 0.4) is 0 Å². The summed E-state index contributed by atoms with van der Waals surface area (Å²) in [7, 11) is 0. The first-order valence-electron chi connectivity index (χ1n) is 11.5. The average molecular weight is 547 g/mol. The van der Waals surface area contributed by atoms with E-state index in [2.05, 4.69) is 20.9 Å². The number of carbonyl (C=O) groups is 2. The molecule has 1 aliphatic rings. The molecule has 0 N–H and O–H groups in total.